The highest BCUT2D eigenvalue weighted by molar-refractivity contribution is 5.77. The van der Waals surface area contributed by atoms with E-state index in [0.29, 0.717) is 59.3 Å². The van der Waals surface area contributed by atoms with Crippen LogP contribution in [0.3, 0.4) is 0 Å². The van der Waals surface area contributed by atoms with Gasteiger partial charge in [0, 0.05) is 33.3 Å². The van der Waals surface area contributed by atoms with Gasteiger partial charge in [-0.2, -0.15) is 0 Å². The summed E-state index contributed by atoms with van der Waals surface area (Å²) in [5, 5.41) is 16.8. The summed E-state index contributed by atoms with van der Waals surface area (Å²) in [4.78, 5) is 22.4. The fourth-order valence-corrected chi connectivity index (χ4v) is 1.80. The minimum absolute atomic E-state index is 0.0191. The SMILES string of the molecule is CNC(=O)COCCOCCCCNC(=O)COCCOCCNCCO. The number of hydrogen-bond donors (Lipinski definition) is 4. The van der Waals surface area contributed by atoms with Crippen LogP contribution in [0.2, 0.25) is 0 Å². The predicted molar refractivity (Wildman–Crippen MR) is 99.5 cm³/mol. The summed E-state index contributed by atoms with van der Waals surface area (Å²) in [6.07, 6.45) is 1.64. The molecule has 0 aromatic rings. The normalized spacial score (nSPS) is 10.7. The maximum atomic E-state index is 11.5. The van der Waals surface area contributed by atoms with Crippen molar-refractivity contribution in [3.63, 3.8) is 0 Å². The molecule has 10 heteroatoms. The highest BCUT2D eigenvalue weighted by Crippen LogP contribution is 1.89. The fraction of sp³-hybridized carbons (Fsp3) is 0.882. The Balaban J connectivity index is 3.18. The van der Waals surface area contributed by atoms with Gasteiger partial charge >= 0.3 is 0 Å². The van der Waals surface area contributed by atoms with Crippen LogP contribution in [0.25, 0.3) is 0 Å². The van der Waals surface area contributed by atoms with E-state index in [9.17, 15) is 9.59 Å². The summed E-state index contributed by atoms with van der Waals surface area (Å²) in [7, 11) is 1.56. The molecular formula is C17H35N3O7. The van der Waals surface area contributed by atoms with Crippen LogP contribution < -0.4 is 16.0 Å². The summed E-state index contributed by atoms with van der Waals surface area (Å²) >= 11 is 0. The molecule has 0 spiro atoms. The Kier molecular flexibility index (Phi) is 20.0. The smallest absolute Gasteiger partial charge is 0.245 e. The van der Waals surface area contributed by atoms with Crippen LogP contribution in [-0.2, 0) is 28.5 Å². The average Bonchev–Trinajstić information content (AvgIpc) is 2.67. The minimum Gasteiger partial charge on any atom is -0.395 e. The maximum absolute atomic E-state index is 11.5. The van der Waals surface area contributed by atoms with E-state index in [2.05, 4.69) is 16.0 Å². The Morgan fingerprint density at radius 1 is 0.741 bits per heavy atom. The van der Waals surface area contributed by atoms with Crippen molar-refractivity contribution in [2.24, 2.45) is 0 Å². The lowest BCUT2D eigenvalue weighted by Crippen LogP contribution is -2.29. The molecule has 160 valence electrons. The molecule has 0 fully saturated rings. The Morgan fingerprint density at radius 3 is 2.04 bits per heavy atom. The van der Waals surface area contributed by atoms with Gasteiger partial charge in [0.2, 0.25) is 11.8 Å². The van der Waals surface area contributed by atoms with E-state index in [1.807, 2.05) is 0 Å². The predicted octanol–water partition coefficient (Wildman–Crippen LogP) is -1.72. The molecule has 10 nitrogen and oxygen atoms in total. The van der Waals surface area contributed by atoms with Gasteiger partial charge in [0.1, 0.15) is 13.2 Å². The molecule has 4 N–H and O–H groups in total. The standard InChI is InChI=1S/C17H35N3O7/c1-18-16(22)14-26-12-10-24-8-3-2-4-20-17(23)15-27-13-11-25-9-6-19-5-7-21/h19,21H,2-15H2,1H3,(H,18,22)(H,20,23). The first-order valence-corrected chi connectivity index (χ1v) is 9.30. The average molecular weight is 393 g/mol. The number of unbranched alkanes of at least 4 members (excludes halogenated alkanes) is 1. The van der Waals surface area contributed by atoms with Crippen molar-refractivity contribution in [1.29, 1.82) is 0 Å². The molecule has 0 saturated carbocycles. The summed E-state index contributed by atoms with van der Waals surface area (Å²) in [5.41, 5.74) is 0. The molecule has 0 saturated heterocycles. The third-order valence-corrected chi connectivity index (χ3v) is 3.24. The van der Waals surface area contributed by atoms with Crippen LogP contribution in [0.4, 0.5) is 0 Å². The highest BCUT2D eigenvalue weighted by Gasteiger charge is 2.01. The topological polar surface area (TPSA) is 127 Å². The summed E-state index contributed by atoms with van der Waals surface area (Å²) in [6.45, 7) is 4.72. The van der Waals surface area contributed by atoms with E-state index in [1.54, 1.807) is 7.05 Å². The van der Waals surface area contributed by atoms with Crippen molar-refractivity contribution in [1.82, 2.24) is 16.0 Å². The molecule has 0 aliphatic carbocycles. The van der Waals surface area contributed by atoms with E-state index in [-0.39, 0.29) is 31.6 Å². The molecule has 0 rings (SSSR count). The second-order valence-corrected chi connectivity index (χ2v) is 5.53. The molecule has 27 heavy (non-hydrogen) atoms. The number of aliphatic hydroxyl groups is 1. The zero-order valence-corrected chi connectivity index (χ0v) is 16.3. The van der Waals surface area contributed by atoms with Crippen LogP contribution in [-0.4, -0.2) is 103 Å². The molecule has 0 heterocycles. The van der Waals surface area contributed by atoms with Gasteiger partial charge in [0.25, 0.3) is 0 Å². The van der Waals surface area contributed by atoms with E-state index in [1.165, 1.54) is 0 Å². The lowest BCUT2D eigenvalue weighted by atomic mass is 10.3. The van der Waals surface area contributed by atoms with Crippen molar-refractivity contribution in [2.75, 3.05) is 86.1 Å². The molecule has 0 atom stereocenters. The number of aliphatic hydroxyl groups excluding tert-OH is 1. The number of hydrogen-bond acceptors (Lipinski definition) is 8. The summed E-state index contributed by atoms with van der Waals surface area (Å²) in [6, 6.07) is 0. The van der Waals surface area contributed by atoms with Crippen molar-refractivity contribution in [3.05, 3.63) is 0 Å². The van der Waals surface area contributed by atoms with Crippen molar-refractivity contribution >= 4 is 11.8 Å². The van der Waals surface area contributed by atoms with E-state index >= 15 is 0 Å². The molecule has 0 aliphatic heterocycles. The number of carbonyl (C=O) groups excluding carboxylic acids is 2. The van der Waals surface area contributed by atoms with Crippen LogP contribution in [0, 0.1) is 0 Å². The first kappa shape index (κ1) is 25.7. The first-order valence-electron chi connectivity index (χ1n) is 9.30. The largest absolute Gasteiger partial charge is 0.395 e. The molecular weight excluding hydrogens is 358 g/mol. The van der Waals surface area contributed by atoms with Gasteiger partial charge in [-0.3, -0.25) is 9.59 Å². The summed E-state index contributed by atoms with van der Waals surface area (Å²) in [5.74, 6) is -0.308. The number of likely N-dealkylation sites (N-methyl/N-ethyl adjacent to an activating group) is 1. The Bertz CT molecular complexity index is 359. The van der Waals surface area contributed by atoms with Gasteiger partial charge in [-0.25, -0.2) is 0 Å². The van der Waals surface area contributed by atoms with Crippen LogP contribution in [0.1, 0.15) is 12.8 Å². The lowest BCUT2D eigenvalue weighted by molar-refractivity contribution is -0.126. The van der Waals surface area contributed by atoms with Gasteiger partial charge in [-0.1, -0.05) is 0 Å². The van der Waals surface area contributed by atoms with Crippen LogP contribution >= 0.6 is 0 Å². The molecule has 0 aromatic carbocycles. The zero-order valence-electron chi connectivity index (χ0n) is 16.3. The van der Waals surface area contributed by atoms with Crippen molar-refractivity contribution < 1.29 is 33.6 Å². The molecule has 2 amide bonds. The van der Waals surface area contributed by atoms with Gasteiger partial charge in [-0.15, -0.1) is 0 Å². The van der Waals surface area contributed by atoms with Crippen LogP contribution in [0.5, 0.6) is 0 Å². The quantitative estimate of drug-likeness (QED) is 0.180. The Labute approximate surface area is 161 Å². The lowest BCUT2D eigenvalue weighted by Gasteiger charge is -2.08. The number of amides is 2. The van der Waals surface area contributed by atoms with Gasteiger partial charge < -0.3 is 40.0 Å². The number of nitrogens with one attached hydrogen (secondary N) is 3. The summed E-state index contributed by atoms with van der Waals surface area (Å²) < 4.78 is 21.0. The minimum atomic E-state index is -0.159. The van der Waals surface area contributed by atoms with E-state index in [0.717, 1.165) is 12.8 Å². The number of carbonyl (C=O) groups is 2. The van der Waals surface area contributed by atoms with Crippen molar-refractivity contribution in [2.45, 2.75) is 12.8 Å². The Morgan fingerprint density at radius 2 is 1.37 bits per heavy atom. The zero-order chi connectivity index (χ0) is 20.0. The van der Waals surface area contributed by atoms with Gasteiger partial charge in [-0.05, 0) is 12.8 Å². The monoisotopic (exact) mass is 393 g/mol. The maximum Gasteiger partial charge on any atom is 0.245 e. The second kappa shape index (κ2) is 21.0. The molecule has 0 unspecified atom stereocenters. The number of ether oxygens (including phenoxy) is 4. The van der Waals surface area contributed by atoms with Gasteiger partial charge in [0.05, 0.1) is 39.6 Å². The molecule has 0 aliphatic rings. The van der Waals surface area contributed by atoms with Gasteiger partial charge in [0.15, 0.2) is 0 Å². The Hall–Kier alpha value is -1.30. The molecule has 0 aromatic heterocycles. The van der Waals surface area contributed by atoms with Crippen LogP contribution in [0.15, 0.2) is 0 Å². The highest BCUT2D eigenvalue weighted by atomic mass is 16.5. The molecule has 0 bridgehead atoms. The first-order chi connectivity index (χ1) is 13.2. The van der Waals surface area contributed by atoms with E-state index < -0.39 is 0 Å². The number of rotatable bonds is 20. The molecule has 0 radical (unpaired) electrons. The van der Waals surface area contributed by atoms with Crippen molar-refractivity contribution in [3.8, 4) is 0 Å². The third-order valence-electron chi connectivity index (χ3n) is 3.24. The third kappa shape index (κ3) is 20.9. The second-order valence-electron chi connectivity index (χ2n) is 5.53. The fourth-order valence-electron chi connectivity index (χ4n) is 1.80. The van der Waals surface area contributed by atoms with E-state index in [4.69, 9.17) is 24.1 Å².